The lowest BCUT2D eigenvalue weighted by atomic mass is 10.1. The summed E-state index contributed by atoms with van der Waals surface area (Å²) in [4.78, 5) is 14.8. The second-order valence-electron chi connectivity index (χ2n) is 7.07. The topological polar surface area (TPSA) is 95.2 Å². The van der Waals surface area contributed by atoms with Gasteiger partial charge in [0.15, 0.2) is 0 Å². The number of amides is 1. The minimum absolute atomic E-state index is 0.135. The predicted molar refractivity (Wildman–Crippen MR) is 107 cm³/mol. The van der Waals surface area contributed by atoms with Crippen molar-refractivity contribution in [3.05, 3.63) is 53.5 Å². The van der Waals surface area contributed by atoms with E-state index in [2.05, 4.69) is 16.1 Å². The molecule has 0 saturated carbocycles. The number of carbonyl (C=O) groups is 1. The van der Waals surface area contributed by atoms with Gasteiger partial charge in [-0.25, -0.2) is 0 Å². The highest BCUT2D eigenvalue weighted by atomic mass is 16.5. The van der Waals surface area contributed by atoms with Crippen molar-refractivity contribution in [3.63, 3.8) is 0 Å². The molecule has 0 spiro atoms. The zero-order chi connectivity index (χ0) is 20.6. The number of benzene rings is 1. The van der Waals surface area contributed by atoms with Crippen LogP contribution in [0.2, 0.25) is 0 Å². The Morgan fingerprint density at radius 1 is 1.28 bits per heavy atom. The van der Waals surface area contributed by atoms with E-state index in [1.54, 1.807) is 30.3 Å². The van der Waals surface area contributed by atoms with E-state index >= 15 is 0 Å². The van der Waals surface area contributed by atoms with Crippen LogP contribution in [-0.2, 0) is 13.2 Å². The fourth-order valence-electron chi connectivity index (χ4n) is 3.39. The second kappa shape index (κ2) is 10.1. The van der Waals surface area contributed by atoms with E-state index in [1.165, 1.54) is 0 Å². The Kier molecular flexibility index (Phi) is 7.30. The lowest BCUT2D eigenvalue weighted by Gasteiger charge is -2.26. The lowest BCUT2D eigenvalue weighted by molar-refractivity contribution is 0.0794. The number of aliphatic hydroxyl groups excluding tert-OH is 2. The number of ether oxygens (including phenoxy) is 1. The Hall–Kier alpha value is -2.79. The van der Waals surface area contributed by atoms with Gasteiger partial charge < -0.3 is 24.7 Å². The van der Waals surface area contributed by atoms with Gasteiger partial charge in [-0.15, -0.1) is 6.42 Å². The Morgan fingerprint density at radius 2 is 2.03 bits per heavy atom. The number of nitrogens with one attached hydrogen (secondary N) is 1. The first-order chi connectivity index (χ1) is 14.1. The van der Waals surface area contributed by atoms with E-state index in [-0.39, 0.29) is 19.1 Å². The summed E-state index contributed by atoms with van der Waals surface area (Å²) in [5.41, 5.74) is 0.486. The number of terminal acetylenes is 1. The van der Waals surface area contributed by atoms with Crippen LogP contribution in [0.25, 0.3) is 0 Å². The molecule has 7 heteroatoms. The van der Waals surface area contributed by atoms with Crippen LogP contribution in [0, 0.1) is 12.3 Å². The minimum atomic E-state index is -0.619. The molecule has 1 saturated heterocycles. The van der Waals surface area contributed by atoms with Crippen LogP contribution in [0.1, 0.15) is 34.7 Å². The van der Waals surface area contributed by atoms with Gasteiger partial charge in [0, 0.05) is 12.1 Å². The molecule has 2 aromatic rings. The average molecular weight is 398 g/mol. The molecular formula is C22H26N2O5. The van der Waals surface area contributed by atoms with Crippen molar-refractivity contribution in [2.24, 2.45) is 0 Å². The monoisotopic (exact) mass is 398 g/mol. The summed E-state index contributed by atoms with van der Waals surface area (Å²) >= 11 is 0. The van der Waals surface area contributed by atoms with Crippen LogP contribution in [0.15, 0.2) is 40.8 Å². The Balaban J connectivity index is 1.61. The molecule has 0 unspecified atom stereocenters. The van der Waals surface area contributed by atoms with Crippen LogP contribution in [-0.4, -0.2) is 52.9 Å². The van der Waals surface area contributed by atoms with Crippen molar-refractivity contribution >= 4 is 5.91 Å². The highest BCUT2D eigenvalue weighted by Gasteiger charge is 2.27. The number of rotatable bonds is 7. The first-order valence-electron chi connectivity index (χ1n) is 9.65. The predicted octanol–water partition coefficient (Wildman–Crippen LogP) is 1.54. The number of aliphatic hydroxyl groups is 2. The van der Waals surface area contributed by atoms with E-state index < -0.39 is 12.1 Å². The van der Waals surface area contributed by atoms with Gasteiger partial charge in [0.2, 0.25) is 0 Å². The van der Waals surface area contributed by atoms with E-state index in [0.29, 0.717) is 36.6 Å². The summed E-state index contributed by atoms with van der Waals surface area (Å²) < 4.78 is 10.9. The largest absolute Gasteiger partial charge is 0.481 e. The standard InChI is InChI=1S/C22H26N2O5/c1-2-12-28-17-7-5-16(6-8-17)22(27)23-20-14-24(11-3-4-21(20)26)13-18-9-10-19(15-25)29-18/h1,5-10,20-21,25-26H,3-4,11-15H2,(H,23,27)/t20-,21+/m0/s1. The third-order valence-electron chi connectivity index (χ3n) is 4.90. The fourth-order valence-corrected chi connectivity index (χ4v) is 3.39. The highest BCUT2D eigenvalue weighted by Crippen LogP contribution is 2.18. The van der Waals surface area contributed by atoms with Gasteiger partial charge in [0.1, 0.15) is 30.5 Å². The summed E-state index contributed by atoms with van der Waals surface area (Å²) in [6.07, 6.45) is 5.98. The highest BCUT2D eigenvalue weighted by molar-refractivity contribution is 5.94. The van der Waals surface area contributed by atoms with Crippen molar-refractivity contribution < 1.29 is 24.2 Å². The third kappa shape index (κ3) is 5.84. The second-order valence-corrected chi connectivity index (χ2v) is 7.07. The molecule has 1 aromatic carbocycles. The molecule has 0 radical (unpaired) electrons. The Morgan fingerprint density at radius 3 is 2.72 bits per heavy atom. The minimum Gasteiger partial charge on any atom is -0.481 e. The molecule has 0 bridgehead atoms. The van der Waals surface area contributed by atoms with E-state index in [1.807, 2.05) is 6.07 Å². The quantitative estimate of drug-likeness (QED) is 0.613. The zero-order valence-corrected chi connectivity index (χ0v) is 16.2. The maximum absolute atomic E-state index is 12.6. The molecule has 2 heterocycles. The molecule has 2 atom stereocenters. The smallest absolute Gasteiger partial charge is 0.251 e. The molecule has 3 N–H and O–H groups in total. The lowest BCUT2D eigenvalue weighted by Crippen LogP contribution is -2.48. The summed E-state index contributed by atoms with van der Waals surface area (Å²) in [6.45, 7) is 1.89. The van der Waals surface area contributed by atoms with E-state index in [0.717, 1.165) is 18.7 Å². The molecular weight excluding hydrogens is 372 g/mol. The number of hydrogen-bond acceptors (Lipinski definition) is 6. The van der Waals surface area contributed by atoms with Gasteiger partial charge >= 0.3 is 0 Å². The van der Waals surface area contributed by atoms with Crippen molar-refractivity contribution in [3.8, 4) is 18.1 Å². The van der Waals surface area contributed by atoms with Gasteiger partial charge in [-0.3, -0.25) is 9.69 Å². The molecule has 1 aliphatic rings. The number of carbonyl (C=O) groups excluding carboxylic acids is 1. The Labute approximate surface area is 170 Å². The number of furan rings is 1. The van der Waals surface area contributed by atoms with Crippen LogP contribution < -0.4 is 10.1 Å². The van der Waals surface area contributed by atoms with Gasteiger partial charge in [0.25, 0.3) is 5.91 Å². The maximum atomic E-state index is 12.6. The normalized spacial score (nSPS) is 19.9. The molecule has 154 valence electrons. The first kappa shape index (κ1) is 20.9. The molecule has 0 aliphatic carbocycles. The first-order valence-corrected chi connectivity index (χ1v) is 9.65. The summed E-state index contributed by atoms with van der Waals surface area (Å²) in [5, 5.41) is 22.6. The van der Waals surface area contributed by atoms with Gasteiger partial charge in [-0.2, -0.15) is 0 Å². The average Bonchev–Trinajstić information content (AvgIpc) is 3.12. The van der Waals surface area contributed by atoms with Crippen molar-refractivity contribution in [1.29, 1.82) is 0 Å². The third-order valence-corrected chi connectivity index (χ3v) is 4.90. The number of hydrogen-bond donors (Lipinski definition) is 3. The molecule has 29 heavy (non-hydrogen) atoms. The van der Waals surface area contributed by atoms with Crippen LogP contribution >= 0.6 is 0 Å². The molecule has 3 rings (SSSR count). The SMILES string of the molecule is C#CCOc1ccc(C(=O)N[C@H]2CN(Cc3ccc(CO)o3)CCC[C@H]2O)cc1. The molecule has 7 nitrogen and oxygen atoms in total. The van der Waals surface area contributed by atoms with Gasteiger partial charge in [-0.1, -0.05) is 5.92 Å². The van der Waals surface area contributed by atoms with Gasteiger partial charge in [0.05, 0.1) is 18.7 Å². The number of likely N-dealkylation sites (tertiary alicyclic amines) is 1. The van der Waals surface area contributed by atoms with E-state index in [9.17, 15) is 9.90 Å². The van der Waals surface area contributed by atoms with Crippen LogP contribution in [0.3, 0.4) is 0 Å². The van der Waals surface area contributed by atoms with Crippen molar-refractivity contribution in [1.82, 2.24) is 10.2 Å². The zero-order valence-electron chi connectivity index (χ0n) is 16.2. The fraction of sp³-hybridized carbons (Fsp3) is 0.409. The molecule has 1 fully saturated rings. The summed E-state index contributed by atoms with van der Waals surface area (Å²) in [6, 6.07) is 9.91. The van der Waals surface area contributed by atoms with Crippen molar-refractivity contribution in [2.45, 2.75) is 38.1 Å². The van der Waals surface area contributed by atoms with Crippen LogP contribution in [0.4, 0.5) is 0 Å². The maximum Gasteiger partial charge on any atom is 0.251 e. The molecule has 1 aliphatic heterocycles. The molecule has 1 amide bonds. The van der Waals surface area contributed by atoms with Gasteiger partial charge in [-0.05, 0) is 55.8 Å². The van der Waals surface area contributed by atoms with E-state index in [4.69, 9.17) is 20.7 Å². The summed E-state index contributed by atoms with van der Waals surface area (Å²) in [7, 11) is 0. The van der Waals surface area contributed by atoms with Crippen molar-refractivity contribution in [2.75, 3.05) is 19.7 Å². The number of nitrogens with zero attached hydrogens (tertiary/aromatic N) is 1. The van der Waals surface area contributed by atoms with Crippen LogP contribution in [0.5, 0.6) is 5.75 Å². The summed E-state index contributed by atoms with van der Waals surface area (Å²) in [5.74, 6) is 4.01. The Bertz CT molecular complexity index is 840. The molecule has 1 aromatic heterocycles.